The summed E-state index contributed by atoms with van der Waals surface area (Å²) in [7, 11) is 1.57. The molecule has 0 saturated heterocycles. The van der Waals surface area contributed by atoms with Crippen molar-refractivity contribution in [2.75, 3.05) is 13.7 Å². The Morgan fingerprint density at radius 2 is 1.81 bits per heavy atom. The van der Waals surface area contributed by atoms with E-state index in [2.05, 4.69) is 5.16 Å². The Morgan fingerprint density at radius 3 is 2.50 bits per heavy atom. The summed E-state index contributed by atoms with van der Waals surface area (Å²) in [6.45, 7) is 1.08. The molecule has 1 amide bonds. The lowest BCUT2D eigenvalue weighted by Gasteiger charge is -2.29. The zero-order chi connectivity index (χ0) is 17.9. The number of hydrogen-bond acceptors (Lipinski definition) is 4. The Hall–Kier alpha value is -2.92. The van der Waals surface area contributed by atoms with Crippen LogP contribution in [0, 0.1) is 0 Å². The minimum absolute atomic E-state index is 0.0374. The second-order valence-corrected chi connectivity index (χ2v) is 6.34. The van der Waals surface area contributed by atoms with Crippen LogP contribution in [0.1, 0.15) is 23.0 Å². The summed E-state index contributed by atoms with van der Waals surface area (Å²) in [4.78, 5) is 14.9. The molecule has 0 saturated carbocycles. The number of carbonyl (C=O) groups is 1. The van der Waals surface area contributed by atoms with Gasteiger partial charge in [0, 0.05) is 31.2 Å². The molecule has 26 heavy (non-hydrogen) atoms. The van der Waals surface area contributed by atoms with Crippen LogP contribution >= 0.6 is 0 Å². The minimum atomic E-state index is -0.599. The lowest BCUT2D eigenvalue weighted by molar-refractivity contribution is -0.143. The Morgan fingerprint density at radius 1 is 1.12 bits per heavy atom. The minimum Gasteiger partial charge on any atom is -0.367 e. The molecule has 0 N–H and O–H groups in total. The first-order valence-corrected chi connectivity index (χ1v) is 8.67. The molecule has 1 aromatic heterocycles. The second kappa shape index (κ2) is 7.14. The molecule has 0 fully saturated rings. The number of amides is 1. The highest BCUT2D eigenvalue weighted by molar-refractivity contribution is 5.83. The van der Waals surface area contributed by atoms with Crippen molar-refractivity contribution >= 4 is 5.91 Å². The summed E-state index contributed by atoms with van der Waals surface area (Å²) in [6, 6.07) is 19.5. The smallest absolute Gasteiger partial charge is 0.256 e. The van der Waals surface area contributed by atoms with Gasteiger partial charge in [0.1, 0.15) is 11.5 Å². The predicted octanol–water partition coefficient (Wildman–Crippen LogP) is 3.61. The van der Waals surface area contributed by atoms with Crippen LogP contribution in [0.15, 0.2) is 65.2 Å². The van der Waals surface area contributed by atoms with Crippen molar-refractivity contribution in [2.45, 2.75) is 19.1 Å². The van der Waals surface area contributed by atoms with E-state index in [-0.39, 0.29) is 5.91 Å². The molecule has 3 aromatic rings. The average Bonchev–Trinajstić information content (AvgIpc) is 3.13. The third-order valence-electron chi connectivity index (χ3n) is 4.75. The molecular formula is C21H20N2O3. The van der Waals surface area contributed by atoms with Crippen molar-refractivity contribution in [3.63, 3.8) is 0 Å². The fourth-order valence-corrected chi connectivity index (χ4v) is 3.39. The van der Waals surface area contributed by atoms with E-state index in [1.807, 2.05) is 65.6 Å². The van der Waals surface area contributed by atoms with E-state index in [1.54, 1.807) is 7.11 Å². The fourth-order valence-electron chi connectivity index (χ4n) is 3.39. The van der Waals surface area contributed by atoms with E-state index in [4.69, 9.17) is 9.26 Å². The molecule has 2 aromatic carbocycles. The Labute approximate surface area is 152 Å². The van der Waals surface area contributed by atoms with Crippen molar-refractivity contribution in [1.29, 1.82) is 0 Å². The van der Waals surface area contributed by atoms with Crippen LogP contribution in [0.2, 0.25) is 0 Å². The van der Waals surface area contributed by atoms with E-state index in [0.29, 0.717) is 19.5 Å². The van der Waals surface area contributed by atoms with Crippen LogP contribution in [0.25, 0.3) is 11.3 Å². The molecular weight excluding hydrogens is 328 g/mol. The quantitative estimate of drug-likeness (QED) is 0.723. The van der Waals surface area contributed by atoms with Gasteiger partial charge in [0.05, 0.1) is 6.54 Å². The maximum Gasteiger partial charge on any atom is 0.256 e. The lowest BCUT2D eigenvalue weighted by Crippen LogP contribution is -2.39. The van der Waals surface area contributed by atoms with Gasteiger partial charge in [-0.15, -0.1) is 0 Å². The average molecular weight is 348 g/mol. The monoisotopic (exact) mass is 348 g/mol. The maximum absolute atomic E-state index is 13.1. The molecule has 4 rings (SSSR count). The highest BCUT2D eigenvalue weighted by Gasteiger charge is 2.31. The first kappa shape index (κ1) is 16.5. The molecule has 1 atom stereocenters. The van der Waals surface area contributed by atoms with Crippen molar-refractivity contribution in [3.05, 3.63) is 77.6 Å². The number of methoxy groups -OCH3 is 1. The summed E-state index contributed by atoms with van der Waals surface area (Å²) >= 11 is 0. The summed E-state index contributed by atoms with van der Waals surface area (Å²) in [5.41, 5.74) is 3.66. The fraction of sp³-hybridized carbons (Fsp3) is 0.238. The molecule has 5 heteroatoms. The molecule has 0 radical (unpaired) electrons. The maximum atomic E-state index is 13.1. The topological polar surface area (TPSA) is 55.6 Å². The number of hydrogen-bond donors (Lipinski definition) is 0. The van der Waals surface area contributed by atoms with E-state index in [0.717, 1.165) is 28.1 Å². The van der Waals surface area contributed by atoms with Gasteiger partial charge in [-0.25, -0.2) is 0 Å². The van der Waals surface area contributed by atoms with Crippen molar-refractivity contribution < 1.29 is 14.1 Å². The number of benzene rings is 2. The molecule has 0 spiro atoms. The van der Waals surface area contributed by atoms with Crippen LogP contribution in [0.3, 0.4) is 0 Å². The summed E-state index contributed by atoms with van der Waals surface area (Å²) in [5, 5.41) is 4.24. The van der Waals surface area contributed by atoms with Crippen LogP contribution in [0.5, 0.6) is 0 Å². The van der Waals surface area contributed by atoms with Gasteiger partial charge in [0.25, 0.3) is 5.91 Å². The van der Waals surface area contributed by atoms with Gasteiger partial charge in [0.15, 0.2) is 6.10 Å². The van der Waals surface area contributed by atoms with Crippen LogP contribution < -0.4 is 0 Å². The third kappa shape index (κ3) is 3.02. The van der Waals surface area contributed by atoms with Crippen molar-refractivity contribution in [1.82, 2.24) is 10.1 Å². The Balaban J connectivity index is 1.60. The zero-order valence-corrected chi connectivity index (χ0v) is 14.6. The molecule has 0 aliphatic carbocycles. The van der Waals surface area contributed by atoms with Gasteiger partial charge >= 0.3 is 0 Å². The number of ether oxygens (including phenoxy) is 1. The molecule has 0 unspecified atom stereocenters. The number of nitrogens with zero attached hydrogens (tertiary/aromatic N) is 2. The van der Waals surface area contributed by atoms with Crippen molar-refractivity contribution in [2.24, 2.45) is 0 Å². The summed E-state index contributed by atoms with van der Waals surface area (Å²) in [5.74, 6) is 0.825. The van der Waals surface area contributed by atoms with Gasteiger partial charge in [-0.3, -0.25) is 4.79 Å². The van der Waals surface area contributed by atoms with Gasteiger partial charge < -0.3 is 14.2 Å². The molecule has 1 aliphatic heterocycles. The van der Waals surface area contributed by atoms with Gasteiger partial charge in [-0.2, -0.15) is 0 Å². The van der Waals surface area contributed by atoms with Gasteiger partial charge in [0.2, 0.25) is 0 Å². The first-order valence-electron chi connectivity index (χ1n) is 8.67. The van der Waals surface area contributed by atoms with E-state index >= 15 is 0 Å². The predicted molar refractivity (Wildman–Crippen MR) is 97.3 cm³/mol. The molecule has 0 bridgehead atoms. The van der Waals surface area contributed by atoms with Gasteiger partial charge in [-0.05, 0) is 5.56 Å². The standard InChI is InChI=1S/C21H20N2O3/c1-25-20(16-10-6-3-7-11-16)21(24)23-13-12-18-17(14-23)19(22-26-18)15-8-4-2-5-9-15/h2-11,20H,12-14H2,1H3/t20-/m0/s1. The van der Waals surface area contributed by atoms with E-state index < -0.39 is 6.10 Å². The first-order chi connectivity index (χ1) is 12.8. The van der Waals surface area contributed by atoms with Crippen LogP contribution in [-0.4, -0.2) is 29.6 Å². The lowest BCUT2D eigenvalue weighted by atomic mass is 10.00. The van der Waals surface area contributed by atoms with E-state index in [1.165, 1.54) is 0 Å². The normalized spacial score (nSPS) is 14.7. The number of aromatic nitrogens is 1. The zero-order valence-electron chi connectivity index (χ0n) is 14.6. The highest BCUT2D eigenvalue weighted by atomic mass is 16.5. The summed E-state index contributed by atoms with van der Waals surface area (Å²) in [6.07, 6.45) is 0.0596. The van der Waals surface area contributed by atoms with Gasteiger partial charge in [-0.1, -0.05) is 65.8 Å². The van der Waals surface area contributed by atoms with Crippen molar-refractivity contribution in [3.8, 4) is 11.3 Å². The molecule has 5 nitrogen and oxygen atoms in total. The Bertz CT molecular complexity index is 890. The summed E-state index contributed by atoms with van der Waals surface area (Å²) < 4.78 is 11.0. The SMILES string of the molecule is CO[C@H](C(=O)N1CCc2onc(-c3ccccc3)c2C1)c1ccccc1. The van der Waals surface area contributed by atoms with Crippen LogP contribution in [0.4, 0.5) is 0 Å². The third-order valence-corrected chi connectivity index (χ3v) is 4.75. The number of carbonyl (C=O) groups excluding carboxylic acids is 1. The van der Waals surface area contributed by atoms with Crippen LogP contribution in [-0.2, 0) is 22.5 Å². The number of fused-ring (bicyclic) bond motifs is 1. The highest BCUT2D eigenvalue weighted by Crippen LogP contribution is 2.31. The van der Waals surface area contributed by atoms with E-state index in [9.17, 15) is 4.79 Å². The second-order valence-electron chi connectivity index (χ2n) is 6.34. The Kier molecular flexibility index (Phi) is 4.54. The molecule has 2 heterocycles. The molecule has 132 valence electrons. The molecule has 1 aliphatic rings. The number of rotatable bonds is 4. The largest absolute Gasteiger partial charge is 0.367 e.